The van der Waals surface area contributed by atoms with Gasteiger partial charge < -0.3 is 9.47 Å². The van der Waals surface area contributed by atoms with Crippen molar-refractivity contribution in [2.75, 3.05) is 4.90 Å². The highest BCUT2D eigenvalue weighted by Crippen LogP contribution is 2.68. The minimum atomic E-state index is -0.712. The molecule has 1 spiro atoms. The third kappa shape index (κ3) is 2.22. The van der Waals surface area contributed by atoms with Gasteiger partial charge in [0.1, 0.15) is 17.2 Å². The van der Waals surface area contributed by atoms with Gasteiger partial charge in [0, 0.05) is 33.6 Å². The maximum absolute atomic E-state index is 6.91. The lowest BCUT2D eigenvalue weighted by Gasteiger charge is -2.49. The first kappa shape index (κ1) is 23.9. The number of aromatic nitrogens is 2. The lowest BCUT2D eigenvalue weighted by Crippen LogP contribution is -2.76. The highest BCUT2D eigenvalue weighted by atomic mass is 16.5. The zero-order chi connectivity index (χ0) is 30.5. The number of hydrogen-bond acceptors (Lipinski definition) is 3. The number of nitrogens with zero attached hydrogens (tertiary/aromatic N) is 3. The SMILES string of the molecule is CC1(C)c2cccc3c2N2c4c1ccc1c4C45c6c(cccc6Oc6cc(-c7ccccc7)cc([n+]64)-c4ccc(c2[n+]45)C3(C)C)O1. The van der Waals surface area contributed by atoms with Crippen LogP contribution in [0.4, 0.5) is 17.2 Å². The molecule has 0 saturated heterocycles. The summed E-state index contributed by atoms with van der Waals surface area (Å²) in [6.45, 7) is 9.56. The lowest BCUT2D eigenvalue weighted by molar-refractivity contribution is -0.936. The molecule has 0 saturated carbocycles. The van der Waals surface area contributed by atoms with Crippen molar-refractivity contribution < 1.29 is 18.6 Å². The smallest absolute Gasteiger partial charge is 0.381 e. The van der Waals surface area contributed by atoms with E-state index in [0.29, 0.717) is 0 Å². The zero-order valence-corrected chi connectivity index (χ0v) is 26.0. The highest BCUT2D eigenvalue weighted by Gasteiger charge is 2.75. The highest BCUT2D eigenvalue weighted by molar-refractivity contribution is 5.95. The molecule has 4 aromatic carbocycles. The molecule has 6 aliphatic heterocycles. The molecule has 12 rings (SSSR count). The number of fused-ring (bicyclic) bond motifs is 1. The standard InChI is InChI=1S/C41H29N3O2/c1-39(2)24-12-8-13-25-36(24)42-37-26(39)17-19-32-35(37)41-34-30(45-32)14-9-15-31(34)46-33-21-23(22-10-6-5-7-11-22)20-29(43(33)41)28-18-16-27(40(25,3)4)38(42)44(28)41/h5-21H,1-4H3/q+2. The first-order chi connectivity index (χ1) is 22.3. The molecule has 0 N–H and O–H groups in total. The van der Waals surface area contributed by atoms with Crippen molar-refractivity contribution in [2.24, 2.45) is 0 Å². The average molecular weight is 596 g/mol. The van der Waals surface area contributed by atoms with E-state index < -0.39 is 5.66 Å². The molecule has 0 aliphatic carbocycles. The van der Waals surface area contributed by atoms with Gasteiger partial charge in [0.05, 0.1) is 11.6 Å². The molecule has 0 radical (unpaired) electrons. The Morgan fingerprint density at radius 3 is 2.00 bits per heavy atom. The van der Waals surface area contributed by atoms with E-state index in [9.17, 15) is 0 Å². The summed E-state index contributed by atoms with van der Waals surface area (Å²) in [5, 5.41) is 0. The predicted octanol–water partition coefficient (Wildman–Crippen LogP) is 8.48. The molecule has 46 heavy (non-hydrogen) atoms. The second-order valence-electron chi connectivity index (χ2n) is 14.6. The van der Waals surface area contributed by atoms with Crippen LogP contribution in [0.25, 0.3) is 22.5 Å². The molecule has 8 heterocycles. The van der Waals surface area contributed by atoms with Crippen LogP contribution < -0.4 is 23.5 Å². The van der Waals surface area contributed by atoms with Gasteiger partial charge >= 0.3 is 11.5 Å². The van der Waals surface area contributed by atoms with Crippen molar-refractivity contribution in [3.8, 4) is 45.6 Å². The normalized spacial score (nSPS) is 20.5. The summed E-state index contributed by atoms with van der Waals surface area (Å²) in [6, 6.07) is 37.7. The van der Waals surface area contributed by atoms with E-state index >= 15 is 0 Å². The Hall–Kier alpha value is -5.42. The van der Waals surface area contributed by atoms with Crippen molar-refractivity contribution in [3.63, 3.8) is 0 Å². The summed E-state index contributed by atoms with van der Waals surface area (Å²) >= 11 is 0. The van der Waals surface area contributed by atoms with Crippen molar-refractivity contribution in [1.82, 2.24) is 0 Å². The van der Waals surface area contributed by atoms with Gasteiger partial charge in [0.25, 0.3) is 11.5 Å². The molecule has 0 bridgehead atoms. The third-order valence-corrected chi connectivity index (χ3v) is 11.8. The van der Waals surface area contributed by atoms with Crippen LogP contribution in [-0.2, 0) is 16.5 Å². The first-order valence-electron chi connectivity index (χ1n) is 16.2. The van der Waals surface area contributed by atoms with E-state index in [1.165, 1.54) is 56.3 Å². The number of pyridine rings is 2. The fourth-order valence-electron chi connectivity index (χ4n) is 9.81. The van der Waals surface area contributed by atoms with Crippen molar-refractivity contribution in [2.45, 2.75) is 44.2 Å². The topological polar surface area (TPSA) is 29.5 Å². The Balaban J connectivity index is 1.35. The lowest BCUT2D eigenvalue weighted by atomic mass is 9.64. The molecule has 2 aromatic heterocycles. The summed E-state index contributed by atoms with van der Waals surface area (Å²) < 4.78 is 18.9. The van der Waals surface area contributed by atoms with E-state index in [0.717, 1.165) is 39.9 Å². The Labute approximate surface area is 266 Å². The summed E-state index contributed by atoms with van der Waals surface area (Å²) in [5.74, 6) is 4.67. The van der Waals surface area contributed by atoms with Gasteiger partial charge in [-0.1, -0.05) is 88.4 Å². The van der Waals surface area contributed by atoms with Crippen molar-refractivity contribution in [3.05, 3.63) is 137 Å². The predicted molar refractivity (Wildman–Crippen MR) is 175 cm³/mol. The molecule has 5 nitrogen and oxygen atoms in total. The van der Waals surface area contributed by atoms with Crippen LogP contribution in [0.5, 0.6) is 23.1 Å². The molecule has 0 fully saturated rings. The van der Waals surface area contributed by atoms with Crippen molar-refractivity contribution >= 4 is 17.2 Å². The van der Waals surface area contributed by atoms with Crippen LogP contribution in [0.15, 0.2) is 103 Å². The van der Waals surface area contributed by atoms with Gasteiger partial charge in [0.2, 0.25) is 5.69 Å². The number of ether oxygens (including phenoxy) is 2. The van der Waals surface area contributed by atoms with Gasteiger partial charge in [-0.25, -0.2) is 0 Å². The molecule has 6 aliphatic rings. The molecule has 6 aromatic rings. The second-order valence-corrected chi connectivity index (χ2v) is 14.6. The molecule has 0 amide bonds. The van der Waals surface area contributed by atoms with Gasteiger partial charge in [-0.15, -0.1) is 9.13 Å². The van der Waals surface area contributed by atoms with Crippen LogP contribution in [0.2, 0.25) is 0 Å². The quantitative estimate of drug-likeness (QED) is 0.178. The summed E-state index contributed by atoms with van der Waals surface area (Å²) in [5.41, 5.74) is 13.7. The van der Waals surface area contributed by atoms with Gasteiger partial charge in [-0.05, 0) is 41.5 Å². The van der Waals surface area contributed by atoms with Crippen LogP contribution >= 0.6 is 0 Å². The number of hydrogen-bond donors (Lipinski definition) is 0. The third-order valence-electron chi connectivity index (χ3n) is 11.8. The van der Waals surface area contributed by atoms with Gasteiger partial charge in [0.15, 0.2) is 22.6 Å². The van der Waals surface area contributed by atoms with Crippen LogP contribution in [-0.4, -0.2) is 0 Å². The van der Waals surface area contributed by atoms with E-state index in [4.69, 9.17) is 9.47 Å². The minimum absolute atomic E-state index is 0.214. The fraction of sp³-hybridized carbons (Fsp3) is 0.171. The maximum Gasteiger partial charge on any atom is 0.381 e. The fourth-order valence-corrected chi connectivity index (χ4v) is 9.81. The van der Waals surface area contributed by atoms with Crippen molar-refractivity contribution in [1.29, 1.82) is 0 Å². The Kier molecular flexibility index (Phi) is 3.65. The Bertz CT molecular complexity index is 2480. The van der Waals surface area contributed by atoms with Crippen LogP contribution in [0.1, 0.15) is 61.1 Å². The summed E-state index contributed by atoms with van der Waals surface area (Å²) in [4.78, 5) is 2.59. The minimum Gasteiger partial charge on any atom is -0.455 e. The second kappa shape index (κ2) is 7.02. The molecule has 1 atom stereocenters. The Morgan fingerprint density at radius 2 is 1.20 bits per heavy atom. The molecule has 1 unspecified atom stereocenters. The number of anilines is 3. The van der Waals surface area contributed by atoms with Gasteiger partial charge in [-0.3, -0.25) is 0 Å². The van der Waals surface area contributed by atoms with E-state index in [2.05, 4.69) is 145 Å². The summed E-state index contributed by atoms with van der Waals surface area (Å²) in [6.07, 6.45) is 0. The molecule has 5 heteroatoms. The van der Waals surface area contributed by atoms with Crippen LogP contribution in [0.3, 0.4) is 0 Å². The number of rotatable bonds is 1. The maximum atomic E-state index is 6.91. The van der Waals surface area contributed by atoms with E-state index in [1.54, 1.807) is 0 Å². The van der Waals surface area contributed by atoms with E-state index in [1.807, 2.05) is 0 Å². The number of benzene rings is 4. The Morgan fingerprint density at radius 1 is 0.522 bits per heavy atom. The molecular formula is C41H29N3O2+2. The monoisotopic (exact) mass is 595 g/mol. The number of para-hydroxylation sites is 1. The van der Waals surface area contributed by atoms with Gasteiger partial charge in [-0.2, -0.15) is 4.90 Å². The average Bonchev–Trinajstić information content (AvgIpc) is 3.36. The largest absolute Gasteiger partial charge is 0.455 e. The summed E-state index contributed by atoms with van der Waals surface area (Å²) in [7, 11) is 0. The van der Waals surface area contributed by atoms with E-state index in [-0.39, 0.29) is 10.8 Å². The zero-order valence-electron chi connectivity index (χ0n) is 26.0. The first-order valence-corrected chi connectivity index (χ1v) is 16.2. The molecule has 218 valence electrons. The molecular weight excluding hydrogens is 566 g/mol. The van der Waals surface area contributed by atoms with Crippen LogP contribution in [0, 0.1) is 0 Å².